The fraction of sp³-hybridized carbons (Fsp3) is 0.500. The standard InChI is InChI=1S/C14H19ClN2O/c1-10-4-5-12(15)9-13(10)17-7-3-6-16-11(2)8-14(17)18/h4-5,9,11,16H,3,6-8H2,1-2H3. The number of nitrogens with zero attached hydrogens (tertiary/aromatic N) is 1. The molecule has 1 amide bonds. The van der Waals surface area contributed by atoms with E-state index in [4.69, 9.17) is 11.6 Å². The SMILES string of the molecule is Cc1ccc(Cl)cc1N1CCCNC(C)CC1=O. The fourth-order valence-corrected chi connectivity index (χ4v) is 2.45. The maximum Gasteiger partial charge on any atom is 0.228 e. The lowest BCUT2D eigenvalue weighted by molar-refractivity contribution is -0.119. The number of anilines is 1. The van der Waals surface area contributed by atoms with Crippen molar-refractivity contribution in [1.82, 2.24) is 5.32 Å². The van der Waals surface area contributed by atoms with E-state index in [-0.39, 0.29) is 11.9 Å². The van der Waals surface area contributed by atoms with E-state index in [0.717, 1.165) is 30.8 Å². The Morgan fingerprint density at radius 1 is 1.44 bits per heavy atom. The smallest absolute Gasteiger partial charge is 0.228 e. The third-order valence-electron chi connectivity index (χ3n) is 3.30. The Hall–Kier alpha value is -1.06. The molecule has 1 heterocycles. The Bertz CT molecular complexity index is 447. The zero-order valence-electron chi connectivity index (χ0n) is 10.9. The number of carbonyl (C=O) groups is 1. The van der Waals surface area contributed by atoms with Gasteiger partial charge in [-0.2, -0.15) is 0 Å². The number of rotatable bonds is 1. The molecule has 1 saturated heterocycles. The minimum Gasteiger partial charge on any atom is -0.314 e. The van der Waals surface area contributed by atoms with Crippen LogP contribution in [-0.4, -0.2) is 25.0 Å². The number of halogens is 1. The molecule has 1 N–H and O–H groups in total. The molecular weight excluding hydrogens is 248 g/mol. The number of carbonyl (C=O) groups excluding carboxylic acids is 1. The molecule has 0 spiro atoms. The Morgan fingerprint density at radius 2 is 2.22 bits per heavy atom. The van der Waals surface area contributed by atoms with E-state index in [0.29, 0.717) is 11.4 Å². The average molecular weight is 267 g/mol. The zero-order valence-corrected chi connectivity index (χ0v) is 11.6. The molecule has 0 aliphatic carbocycles. The van der Waals surface area contributed by atoms with Crippen LogP contribution in [0.25, 0.3) is 0 Å². The Balaban J connectivity index is 2.28. The lowest BCUT2D eigenvalue weighted by Crippen LogP contribution is -2.42. The van der Waals surface area contributed by atoms with Gasteiger partial charge < -0.3 is 10.2 Å². The summed E-state index contributed by atoms with van der Waals surface area (Å²) >= 11 is 6.04. The second-order valence-electron chi connectivity index (χ2n) is 4.89. The van der Waals surface area contributed by atoms with Crippen molar-refractivity contribution in [3.63, 3.8) is 0 Å². The highest BCUT2D eigenvalue weighted by Gasteiger charge is 2.21. The highest BCUT2D eigenvalue weighted by molar-refractivity contribution is 6.31. The molecule has 1 aliphatic rings. The molecule has 1 aromatic rings. The number of benzene rings is 1. The van der Waals surface area contributed by atoms with Crippen molar-refractivity contribution in [3.05, 3.63) is 28.8 Å². The molecule has 18 heavy (non-hydrogen) atoms. The van der Waals surface area contributed by atoms with Gasteiger partial charge in [0.2, 0.25) is 5.91 Å². The third-order valence-corrected chi connectivity index (χ3v) is 3.53. The van der Waals surface area contributed by atoms with Gasteiger partial charge in [-0.3, -0.25) is 4.79 Å². The first-order valence-corrected chi connectivity index (χ1v) is 6.75. The minimum atomic E-state index is 0.167. The second kappa shape index (κ2) is 5.72. The molecule has 0 radical (unpaired) electrons. The average Bonchev–Trinajstić information content (AvgIpc) is 2.30. The van der Waals surface area contributed by atoms with Crippen LogP contribution in [0.2, 0.25) is 5.02 Å². The van der Waals surface area contributed by atoms with Gasteiger partial charge in [-0.25, -0.2) is 0 Å². The van der Waals surface area contributed by atoms with Crippen molar-refractivity contribution < 1.29 is 4.79 Å². The van der Waals surface area contributed by atoms with E-state index < -0.39 is 0 Å². The van der Waals surface area contributed by atoms with Crippen molar-refractivity contribution in [1.29, 1.82) is 0 Å². The summed E-state index contributed by atoms with van der Waals surface area (Å²) in [5, 5.41) is 4.02. The Labute approximate surface area is 113 Å². The van der Waals surface area contributed by atoms with Crippen LogP contribution in [0.15, 0.2) is 18.2 Å². The summed E-state index contributed by atoms with van der Waals surface area (Å²) in [4.78, 5) is 14.2. The molecule has 4 heteroatoms. The molecule has 1 aliphatic heterocycles. The number of amides is 1. The van der Waals surface area contributed by atoms with Crippen LogP contribution in [0.5, 0.6) is 0 Å². The van der Waals surface area contributed by atoms with Gasteiger partial charge >= 0.3 is 0 Å². The van der Waals surface area contributed by atoms with Crippen molar-refractivity contribution in [2.24, 2.45) is 0 Å². The lowest BCUT2D eigenvalue weighted by atomic mass is 10.1. The van der Waals surface area contributed by atoms with Crippen LogP contribution in [0.3, 0.4) is 0 Å². The van der Waals surface area contributed by atoms with Gasteiger partial charge in [0.1, 0.15) is 0 Å². The summed E-state index contributed by atoms with van der Waals surface area (Å²) in [6.45, 7) is 5.76. The van der Waals surface area contributed by atoms with Crippen LogP contribution >= 0.6 is 11.6 Å². The summed E-state index contributed by atoms with van der Waals surface area (Å²) in [6.07, 6.45) is 1.49. The van der Waals surface area contributed by atoms with Crippen LogP contribution < -0.4 is 10.2 Å². The monoisotopic (exact) mass is 266 g/mol. The maximum atomic E-state index is 12.3. The Kier molecular flexibility index (Phi) is 4.25. The number of aryl methyl sites for hydroxylation is 1. The van der Waals surface area contributed by atoms with Crippen molar-refractivity contribution in [2.45, 2.75) is 32.7 Å². The van der Waals surface area contributed by atoms with Gasteiger partial charge in [-0.05, 0) is 44.5 Å². The van der Waals surface area contributed by atoms with Crippen molar-refractivity contribution in [2.75, 3.05) is 18.0 Å². The van der Waals surface area contributed by atoms with E-state index in [1.807, 2.05) is 36.9 Å². The predicted molar refractivity (Wildman–Crippen MR) is 75.2 cm³/mol. The predicted octanol–water partition coefficient (Wildman–Crippen LogP) is 2.75. The molecular formula is C14H19ClN2O. The van der Waals surface area contributed by atoms with Crippen molar-refractivity contribution >= 4 is 23.2 Å². The lowest BCUT2D eigenvalue weighted by Gasteiger charge is -2.29. The zero-order chi connectivity index (χ0) is 13.1. The number of nitrogens with one attached hydrogen (secondary N) is 1. The maximum absolute atomic E-state index is 12.3. The van der Waals surface area contributed by atoms with E-state index in [2.05, 4.69) is 5.32 Å². The second-order valence-corrected chi connectivity index (χ2v) is 5.33. The first-order valence-electron chi connectivity index (χ1n) is 6.38. The largest absolute Gasteiger partial charge is 0.314 e. The summed E-state index contributed by atoms with van der Waals surface area (Å²) in [6, 6.07) is 5.94. The van der Waals surface area contributed by atoms with Gasteiger partial charge in [0.05, 0.1) is 0 Å². The van der Waals surface area contributed by atoms with Crippen LogP contribution in [-0.2, 0) is 4.79 Å². The normalized spacial score (nSPS) is 21.6. The van der Waals surface area contributed by atoms with Crippen LogP contribution in [0.1, 0.15) is 25.3 Å². The molecule has 0 saturated carbocycles. The molecule has 0 aromatic heterocycles. The Morgan fingerprint density at radius 3 is 3.00 bits per heavy atom. The van der Waals surface area contributed by atoms with Crippen molar-refractivity contribution in [3.8, 4) is 0 Å². The van der Waals surface area contributed by atoms with E-state index >= 15 is 0 Å². The van der Waals surface area contributed by atoms with Gasteiger partial charge in [-0.15, -0.1) is 0 Å². The third kappa shape index (κ3) is 3.03. The van der Waals surface area contributed by atoms with E-state index in [1.54, 1.807) is 0 Å². The first-order chi connectivity index (χ1) is 8.58. The van der Waals surface area contributed by atoms with Crippen LogP contribution in [0, 0.1) is 6.92 Å². The first kappa shape index (κ1) is 13.4. The fourth-order valence-electron chi connectivity index (χ4n) is 2.28. The molecule has 1 fully saturated rings. The van der Waals surface area contributed by atoms with Gasteiger partial charge in [0.15, 0.2) is 0 Å². The number of hydrogen-bond donors (Lipinski definition) is 1. The quantitative estimate of drug-likeness (QED) is 0.848. The summed E-state index contributed by atoms with van der Waals surface area (Å²) in [5.41, 5.74) is 2.04. The highest BCUT2D eigenvalue weighted by atomic mass is 35.5. The minimum absolute atomic E-state index is 0.167. The van der Waals surface area contributed by atoms with Crippen LogP contribution in [0.4, 0.5) is 5.69 Å². The topological polar surface area (TPSA) is 32.3 Å². The van der Waals surface area contributed by atoms with E-state index in [1.165, 1.54) is 0 Å². The molecule has 3 nitrogen and oxygen atoms in total. The van der Waals surface area contributed by atoms with Gasteiger partial charge in [-0.1, -0.05) is 17.7 Å². The molecule has 1 aromatic carbocycles. The van der Waals surface area contributed by atoms with E-state index in [9.17, 15) is 4.79 Å². The van der Waals surface area contributed by atoms with Gasteiger partial charge in [0, 0.05) is 29.7 Å². The number of hydrogen-bond acceptors (Lipinski definition) is 2. The van der Waals surface area contributed by atoms with Gasteiger partial charge in [0.25, 0.3) is 0 Å². The molecule has 2 rings (SSSR count). The molecule has 1 atom stereocenters. The summed E-state index contributed by atoms with van der Waals surface area (Å²) < 4.78 is 0. The molecule has 0 bridgehead atoms. The molecule has 98 valence electrons. The summed E-state index contributed by atoms with van der Waals surface area (Å²) in [5.74, 6) is 0.167. The summed E-state index contributed by atoms with van der Waals surface area (Å²) in [7, 11) is 0. The highest BCUT2D eigenvalue weighted by Crippen LogP contribution is 2.25. The molecule has 1 unspecified atom stereocenters.